The van der Waals surface area contributed by atoms with Crippen LogP contribution in [-0.2, 0) is 9.59 Å². The van der Waals surface area contributed by atoms with Gasteiger partial charge in [0.05, 0.1) is 5.69 Å². The van der Waals surface area contributed by atoms with Crippen LogP contribution in [0.15, 0.2) is 47.6 Å². The Bertz CT molecular complexity index is 895. The highest BCUT2D eigenvalue weighted by molar-refractivity contribution is 6.43. The zero-order chi connectivity index (χ0) is 18.7. The molecule has 2 aromatic carbocycles. The lowest BCUT2D eigenvalue weighted by Gasteiger charge is -2.19. The molecule has 0 radical (unpaired) electrons. The Labute approximate surface area is 156 Å². The van der Waals surface area contributed by atoms with E-state index < -0.39 is 0 Å². The first kappa shape index (κ1) is 17.9. The molecular formula is C19H18ClN3O3. The van der Waals surface area contributed by atoms with Crippen LogP contribution in [0.3, 0.4) is 0 Å². The van der Waals surface area contributed by atoms with Crippen LogP contribution in [0.2, 0.25) is 5.02 Å². The van der Waals surface area contributed by atoms with Gasteiger partial charge in [-0.15, -0.1) is 0 Å². The standard InChI is InChI=1S/C19H18ClN3O3/c1-12-4-3-5-14(10-12)26-17-8-6-13(20)11-16(17)21-19(25)15-7-9-18(24)23(2)22-15/h3-6,8,10-11H,7,9H2,1-2H3,(H,21,25). The fourth-order valence-corrected chi connectivity index (χ4v) is 2.69. The van der Waals surface area contributed by atoms with E-state index in [2.05, 4.69) is 10.4 Å². The summed E-state index contributed by atoms with van der Waals surface area (Å²) >= 11 is 6.07. The second-order valence-electron chi connectivity index (χ2n) is 5.98. The Balaban J connectivity index is 1.83. The fourth-order valence-electron chi connectivity index (χ4n) is 2.52. The van der Waals surface area contributed by atoms with Crippen molar-refractivity contribution in [1.82, 2.24) is 5.01 Å². The van der Waals surface area contributed by atoms with Crippen LogP contribution >= 0.6 is 11.6 Å². The van der Waals surface area contributed by atoms with E-state index in [0.717, 1.165) is 5.56 Å². The molecule has 0 spiro atoms. The number of halogens is 1. The molecule has 1 N–H and O–H groups in total. The zero-order valence-electron chi connectivity index (χ0n) is 14.5. The number of rotatable bonds is 4. The maximum absolute atomic E-state index is 12.5. The topological polar surface area (TPSA) is 71.0 Å². The minimum absolute atomic E-state index is 0.118. The van der Waals surface area contributed by atoms with Gasteiger partial charge in [0.25, 0.3) is 5.91 Å². The Morgan fingerprint density at radius 3 is 2.77 bits per heavy atom. The third kappa shape index (κ3) is 4.21. The molecule has 2 amide bonds. The first-order valence-electron chi connectivity index (χ1n) is 8.12. The lowest BCUT2D eigenvalue weighted by Crippen LogP contribution is -2.34. The summed E-state index contributed by atoms with van der Waals surface area (Å²) in [7, 11) is 1.53. The molecule has 0 saturated heterocycles. The van der Waals surface area contributed by atoms with Crippen LogP contribution in [0.1, 0.15) is 18.4 Å². The Morgan fingerprint density at radius 1 is 1.23 bits per heavy atom. The van der Waals surface area contributed by atoms with Crippen LogP contribution in [0, 0.1) is 6.92 Å². The zero-order valence-corrected chi connectivity index (χ0v) is 15.2. The lowest BCUT2D eigenvalue weighted by atomic mass is 10.1. The number of nitrogens with zero attached hydrogens (tertiary/aromatic N) is 2. The average molecular weight is 372 g/mol. The van der Waals surface area contributed by atoms with Gasteiger partial charge in [0, 0.05) is 24.9 Å². The Kier molecular flexibility index (Phi) is 5.23. The predicted octanol–water partition coefficient (Wildman–Crippen LogP) is 3.99. The number of anilines is 1. The minimum Gasteiger partial charge on any atom is -0.455 e. The molecule has 7 heteroatoms. The monoisotopic (exact) mass is 371 g/mol. The van der Waals surface area contributed by atoms with Crippen molar-refractivity contribution >= 4 is 34.8 Å². The van der Waals surface area contributed by atoms with Crippen molar-refractivity contribution < 1.29 is 14.3 Å². The molecule has 3 rings (SSSR count). The second kappa shape index (κ2) is 7.58. The number of carbonyl (C=O) groups is 2. The largest absolute Gasteiger partial charge is 0.455 e. The maximum atomic E-state index is 12.5. The van der Waals surface area contributed by atoms with Gasteiger partial charge in [0.2, 0.25) is 5.91 Å². The van der Waals surface area contributed by atoms with E-state index in [9.17, 15) is 9.59 Å². The summed E-state index contributed by atoms with van der Waals surface area (Å²) < 4.78 is 5.89. The molecular weight excluding hydrogens is 354 g/mol. The molecule has 1 heterocycles. The van der Waals surface area contributed by atoms with E-state index in [1.807, 2.05) is 31.2 Å². The third-order valence-corrected chi connectivity index (χ3v) is 4.11. The summed E-state index contributed by atoms with van der Waals surface area (Å²) in [5.41, 5.74) is 1.78. The summed E-state index contributed by atoms with van der Waals surface area (Å²) in [5, 5.41) is 8.44. The van der Waals surface area contributed by atoms with E-state index >= 15 is 0 Å². The molecule has 1 aliphatic rings. The number of hydrogen-bond acceptors (Lipinski definition) is 4. The summed E-state index contributed by atoms with van der Waals surface area (Å²) in [4.78, 5) is 24.0. The molecule has 0 fully saturated rings. The highest BCUT2D eigenvalue weighted by Crippen LogP contribution is 2.32. The van der Waals surface area contributed by atoms with E-state index in [1.165, 1.54) is 12.1 Å². The minimum atomic E-state index is -0.388. The molecule has 0 aliphatic carbocycles. The van der Waals surface area contributed by atoms with Gasteiger partial charge >= 0.3 is 0 Å². The van der Waals surface area contributed by atoms with Gasteiger partial charge in [0.1, 0.15) is 11.5 Å². The lowest BCUT2D eigenvalue weighted by molar-refractivity contribution is -0.130. The van der Waals surface area contributed by atoms with Crippen molar-refractivity contribution in [3.05, 3.63) is 53.1 Å². The van der Waals surface area contributed by atoms with Crippen molar-refractivity contribution in [2.75, 3.05) is 12.4 Å². The van der Waals surface area contributed by atoms with E-state index in [-0.39, 0.29) is 23.9 Å². The number of hydrogen-bond donors (Lipinski definition) is 1. The molecule has 134 valence electrons. The number of aryl methyl sites for hydroxylation is 1. The first-order chi connectivity index (χ1) is 12.4. The van der Waals surface area contributed by atoms with Gasteiger partial charge in [-0.05, 0) is 42.8 Å². The fraction of sp³-hybridized carbons (Fsp3) is 0.211. The van der Waals surface area contributed by atoms with Crippen molar-refractivity contribution in [2.24, 2.45) is 5.10 Å². The molecule has 0 aromatic heterocycles. The summed E-state index contributed by atoms with van der Waals surface area (Å²) in [6.07, 6.45) is 0.550. The van der Waals surface area contributed by atoms with Crippen LogP contribution in [0.4, 0.5) is 5.69 Å². The highest BCUT2D eigenvalue weighted by Gasteiger charge is 2.23. The summed E-state index contributed by atoms with van der Waals surface area (Å²) in [6, 6.07) is 12.6. The molecule has 0 saturated carbocycles. The van der Waals surface area contributed by atoms with Crippen molar-refractivity contribution in [1.29, 1.82) is 0 Å². The van der Waals surface area contributed by atoms with Crippen molar-refractivity contribution in [3.8, 4) is 11.5 Å². The van der Waals surface area contributed by atoms with Gasteiger partial charge in [0.15, 0.2) is 5.75 Å². The number of ether oxygens (including phenoxy) is 1. The molecule has 1 aliphatic heterocycles. The second-order valence-corrected chi connectivity index (χ2v) is 6.41. The van der Waals surface area contributed by atoms with E-state index in [4.69, 9.17) is 16.3 Å². The predicted molar refractivity (Wildman–Crippen MR) is 101 cm³/mol. The Morgan fingerprint density at radius 2 is 2.04 bits per heavy atom. The molecule has 0 atom stereocenters. The number of hydrazone groups is 1. The van der Waals surface area contributed by atoms with Crippen molar-refractivity contribution in [2.45, 2.75) is 19.8 Å². The SMILES string of the molecule is Cc1cccc(Oc2ccc(Cl)cc2NC(=O)C2=NN(C)C(=O)CC2)c1. The summed E-state index contributed by atoms with van der Waals surface area (Å²) in [5.74, 6) is 0.617. The Hall–Kier alpha value is -2.86. The normalized spacial score (nSPS) is 14.0. The van der Waals surface area contributed by atoms with Gasteiger partial charge in [-0.1, -0.05) is 23.7 Å². The molecule has 2 aromatic rings. The number of benzene rings is 2. The van der Waals surface area contributed by atoms with Gasteiger partial charge in [-0.3, -0.25) is 9.59 Å². The van der Waals surface area contributed by atoms with Gasteiger partial charge in [-0.25, -0.2) is 5.01 Å². The van der Waals surface area contributed by atoms with Crippen LogP contribution in [0.5, 0.6) is 11.5 Å². The van der Waals surface area contributed by atoms with E-state index in [0.29, 0.717) is 28.6 Å². The van der Waals surface area contributed by atoms with Crippen LogP contribution in [-0.4, -0.2) is 29.6 Å². The van der Waals surface area contributed by atoms with Crippen molar-refractivity contribution in [3.63, 3.8) is 0 Å². The molecule has 26 heavy (non-hydrogen) atoms. The van der Waals surface area contributed by atoms with Gasteiger partial charge < -0.3 is 10.1 Å². The summed E-state index contributed by atoms with van der Waals surface area (Å²) in [6.45, 7) is 1.97. The molecule has 0 bridgehead atoms. The molecule has 0 unspecified atom stereocenters. The smallest absolute Gasteiger partial charge is 0.271 e. The van der Waals surface area contributed by atoms with Crippen LogP contribution in [0.25, 0.3) is 0 Å². The number of amides is 2. The van der Waals surface area contributed by atoms with E-state index in [1.54, 1.807) is 18.2 Å². The number of carbonyl (C=O) groups excluding carboxylic acids is 2. The van der Waals surface area contributed by atoms with Crippen LogP contribution < -0.4 is 10.1 Å². The quantitative estimate of drug-likeness (QED) is 0.883. The third-order valence-electron chi connectivity index (χ3n) is 3.88. The molecule has 6 nitrogen and oxygen atoms in total. The average Bonchev–Trinajstić information content (AvgIpc) is 2.59. The highest BCUT2D eigenvalue weighted by atomic mass is 35.5. The maximum Gasteiger partial charge on any atom is 0.271 e. The number of nitrogens with one attached hydrogen (secondary N) is 1. The van der Waals surface area contributed by atoms with Gasteiger partial charge in [-0.2, -0.15) is 5.10 Å². The first-order valence-corrected chi connectivity index (χ1v) is 8.49.